The van der Waals surface area contributed by atoms with Crippen LogP contribution in [-0.4, -0.2) is 41.1 Å². The third-order valence-corrected chi connectivity index (χ3v) is 6.88. The average molecular weight is 529 g/mol. The van der Waals surface area contributed by atoms with E-state index < -0.39 is 36.2 Å². The van der Waals surface area contributed by atoms with Gasteiger partial charge in [-0.1, -0.05) is 60.1 Å². The standard InChI is InChI=1S/C29H30ClFO6/c1-2-35-26-11-8-20(13-25(26)31)12-22-14-21(9-10-24(22)30)27-15-23(16-29(18-32,37-27)28(33)34)36-17-19-6-4-3-5-7-19/h3-11,13-14,23,27,32H,2,12,15-18H2,1H3,(H,33,34)/t23?,27-,29-/m1/s1. The van der Waals surface area contributed by atoms with Crippen molar-refractivity contribution in [3.63, 3.8) is 0 Å². The van der Waals surface area contributed by atoms with Crippen LogP contribution in [-0.2, 0) is 27.3 Å². The number of rotatable bonds is 10. The molecular formula is C29H30ClFO6. The van der Waals surface area contributed by atoms with Gasteiger partial charge in [-0.15, -0.1) is 0 Å². The molecular weight excluding hydrogens is 499 g/mol. The first-order chi connectivity index (χ1) is 17.8. The second-order valence-corrected chi connectivity index (χ2v) is 9.56. The number of carbonyl (C=O) groups is 1. The van der Waals surface area contributed by atoms with Crippen LogP contribution in [0.5, 0.6) is 5.75 Å². The van der Waals surface area contributed by atoms with Gasteiger partial charge in [-0.2, -0.15) is 0 Å². The number of aliphatic carboxylic acids is 1. The van der Waals surface area contributed by atoms with Crippen molar-refractivity contribution in [1.82, 2.24) is 0 Å². The summed E-state index contributed by atoms with van der Waals surface area (Å²) in [5.74, 6) is -1.50. The highest BCUT2D eigenvalue weighted by molar-refractivity contribution is 6.31. The highest BCUT2D eigenvalue weighted by Gasteiger charge is 2.48. The van der Waals surface area contributed by atoms with E-state index in [0.29, 0.717) is 42.2 Å². The molecule has 4 rings (SSSR count). The fraction of sp³-hybridized carbons (Fsp3) is 0.345. The molecule has 1 unspecified atom stereocenters. The van der Waals surface area contributed by atoms with E-state index in [1.54, 1.807) is 31.2 Å². The summed E-state index contributed by atoms with van der Waals surface area (Å²) in [6.07, 6.45) is -0.317. The molecule has 2 N–H and O–H groups in total. The van der Waals surface area contributed by atoms with Crippen molar-refractivity contribution >= 4 is 17.6 Å². The molecule has 0 amide bonds. The van der Waals surface area contributed by atoms with Crippen molar-refractivity contribution < 1.29 is 33.6 Å². The van der Waals surface area contributed by atoms with Crippen LogP contribution >= 0.6 is 11.6 Å². The number of carboxylic acids is 1. The van der Waals surface area contributed by atoms with Gasteiger partial charge < -0.3 is 24.4 Å². The first kappa shape index (κ1) is 27.1. The van der Waals surface area contributed by atoms with Crippen LogP contribution in [0.4, 0.5) is 4.39 Å². The smallest absolute Gasteiger partial charge is 0.338 e. The molecule has 1 aliphatic heterocycles. The zero-order valence-electron chi connectivity index (χ0n) is 20.5. The van der Waals surface area contributed by atoms with E-state index in [4.69, 9.17) is 25.8 Å². The van der Waals surface area contributed by atoms with Crippen molar-refractivity contribution in [2.24, 2.45) is 0 Å². The highest BCUT2D eigenvalue weighted by atomic mass is 35.5. The van der Waals surface area contributed by atoms with Crippen LogP contribution in [0.2, 0.25) is 5.02 Å². The van der Waals surface area contributed by atoms with Gasteiger partial charge in [-0.05, 0) is 53.8 Å². The first-order valence-corrected chi connectivity index (χ1v) is 12.6. The fourth-order valence-electron chi connectivity index (χ4n) is 4.56. The van der Waals surface area contributed by atoms with Crippen LogP contribution in [0.25, 0.3) is 0 Å². The molecule has 1 heterocycles. The lowest BCUT2D eigenvalue weighted by Gasteiger charge is -2.41. The summed E-state index contributed by atoms with van der Waals surface area (Å²) in [6.45, 7) is 1.79. The molecule has 1 saturated heterocycles. The molecule has 3 atom stereocenters. The number of aliphatic hydroxyl groups is 1. The molecule has 0 radical (unpaired) electrons. The van der Waals surface area contributed by atoms with Crippen molar-refractivity contribution in [2.75, 3.05) is 13.2 Å². The van der Waals surface area contributed by atoms with E-state index in [0.717, 1.165) is 11.1 Å². The van der Waals surface area contributed by atoms with Crippen molar-refractivity contribution in [1.29, 1.82) is 0 Å². The number of hydrogen-bond donors (Lipinski definition) is 2. The van der Waals surface area contributed by atoms with Gasteiger partial charge in [-0.25, -0.2) is 9.18 Å². The van der Waals surface area contributed by atoms with E-state index >= 15 is 0 Å². The zero-order valence-corrected chi connectivity index (χ0v) is 21.3. The first-order valence-electron chi connectivity index (χ1n) is 12.2. The summed E-state index contributed by atoms with van der Waals surface area (Å²) in [7, 11) is 0. The van der Waals surface area contributed by atoms with E-state index in [-0.39, 0.29) is 12.2 Å². The minimum absolute atomic E-state index is 0.0219. The van der Waals surface area contributed by atoms with Crippen LogP contribution in [0.3, 0.4) is 0 Å². The quantitative estimate of drug-likeness (QED) is 0.350. The van der Waals surface area contributed by atoms with Crippen molar-refractivity contribution in [2.45, 2.75) is 50.6 Å². The summed E-state index contributed by atoms with van der Waals surface area (Å²) < 4.78 is 31.7. The maximum absolute atomic E-state index is 14.4. The summed E-state index contributed by atoms with van der Waals surface area (Å²) >= 11 is 6.47. The Hall–Kier alpha value is -2.97. The Labute approximate surface area is 220 Å². The maximum Gasteiger partial charge on any atom is 0.338 e. The number of ether oxygens (including phenoxy) is 3. The zero-order chi connectivity index (χ0) is 26.4. The topological polar surface area (TPSA) is 85.2 Å². The Morgan fingerprint density at radius 1 is 1.14 bits per heavy atom. The van der Waals surface area contributed by atoms with E-state index in [2.05, 4.69) is 0 Å². The normalized spacial score (nSPS) is 21.5. The third kappa shape index (κ3) is 6.48. The molecule has 3 aromatic rings. The van der Waals surface area contributed by atoms with Gasteiger partial charge in [-0.3, -0.25) is 0 Å². The van der Waals surface area contributed by atoms with E-state index in [1.165, 1.54) is 6.07 Å². The second kappa shape index (κ2) is 12.0. The Bertz CT molecular complexity index is 1220. The molecule has 3 aromatic carbocycles. The molecule has 0 spiro atoms. The minimum atomic E-state index is -1.79. The van der Waals surface area contributed by atoms with E-state index in [9.17, 15) is 19.4 Å². The summed E-state index contributed by atoms with van der Waals surface area (Å²) in [4.78, 5) is 12.2. The van der Waals surface area contributed by atoms with Crippen molar-refractivity contribution in [3.05, 3.63) is 99.8 Å². The molecule has 8 heteroatoms. The number of aliphatic hydroxyl groups excluding tert-OH is 1. The number of benzene rings is 3. The summed E-state index contributed by atoms with van der Waals surface area (Å²) in [5.41, 5.74) is 1.33. The molecule has 0 aliphatic carbocycles. The van der Waals surface area contributed by atoms with Crippen LogP contribution in [0.1, 0.15) is 48.1 Å². The largest absolute Gasteiger partial charge is 0.491 e. The molecule has 0 saturated carbocycles. The predicted octanol–water partition coefficient (Wildman–Crippen LogP) is 5.72. The van der Waals surface area contributed by atoms with Gasteiger partial charge in [0.1, 0.15) is 0 Å². The fourth-order valence-corrected chi connectivity index (χ4v) is 4.75. The lowest BCUT2D eigenvalue weighted by atomic mass is 9.87. The summed E-state index contributed by atoms with van der Waals surface area (Å²) in [5, 5.41) is 20.5. The van der Waals surface area contributed by atoms with Gasteiger partial charge in [0.15, 0.2) is 17.2 Å². The van der Waals surface area contributed by atoms with Gasteiger partial charge in [0, 0.05) is 17.9 Å². The minimum Gasteiger partial charge on any atom is -0.491 e. The second-order valence-electron chi connectivity index (χ2n) is 9.15. The van der Waals surface area contributed by atoms with Crippen LogP contribution in [0, 0.1) is 5.82 Å². The number of hydrogen-bond acceptors (Lipinski definition) is 5. The predicted molar refractivity (Wildman–Crippen MR) is 137 cm³/mol. The molecule has 1 aliphatic rings. The average Bonchev–Trinajstić information content (AvgIpc) is 2.90. The number of halogens is 2. The Morgan fingerprint density at radius 3 is 2.59 bits per heavy atom. The lowest BCUT2D eigenvalue weighted by Crippen LogP contribution is -2.52. The molecule has 0 bridgehead atoms. The maximum atomic E-state index is 14.4. The van der Waals surface area contributed by atoms with Gasteiger partial charge in [0.2, 0.25) is 0 Å². The van der Waals surface area contributed by atoms with Crippen LogP contribution in [0.15, 0.2) is 66.7 Å². The van der Waals surface area contributed by atoms with Gasteiger partial charge in [0.05, 0.1) is 32.0 Å². The molecule has 6 nitrogen and oxygen atoms in total. The van der Waals surface area contributed by atoms with Crippen molar-refractivity contribution in [3.8, 4) is 5.75 Å². The molecule has 1 fully saturated rings. The summed E-state index contributed by atoms with van der Waals surface area (Å²) in [6, 6.07) is 19.7. The Balaban J connectivity index is 1.57. The van der Waals surface area contributed by atoms with Gasteiger partial charge >= 0.3 is 5.97 Å². The SMILES string of the molecule is CCOc1ccc(Cc2cc([C@H]3CC(OCc4ccccc4)C[C@@](CO)(C(=O)O)O3)ccc2Cl)cc1F. The monoisotopic (exact) mass is 528 g/mol. The highest BCUT2D eigenvalue weighted by Crippen LogP contribution is 2.40. The van der Waals surface area contributed by atoms with E-state index in [1.807, 2.05) is 36.4 Å². The molecule has 196 valence electrons. The lowest BCUT2D eigenvalue weighted by molar-refractivity contribution is -0.212. The third-order valence-electron chi connectivity index (χ3n) is 6.51. The number of carboxylic acid groups (broad SMARTS) is 1. The molecule has 37 heavy (non-hydrogen) atoms. The van der Waals surface area contributed by atoms with Gasteiger partial charge in [0.25, 0.3) is 0 Å². The molecule has 0 aromatic heterocycles. The Morgan fingerprint density at radius 2 is 1.92 bits per heavy atom. The van der Waals surface area contributed by atoms with Crippen LogP contribution < -0.4 is 4.74 Å². The Kier molecular flexibility index (Phi) is 8.82.